The lowest BCUT2D eigenvalue weighted by atomic mass is 10.2. The fraction of sp³-hybridized carbons (Fsp3) is 0.312. The van der Waals surface area contributed by atoms with Gasteiger partial charge in [0.15, 0.2) is 0 Å². The summed E-state index contributed by atoms with van der Waals surface area (Å²) in [5.41, 5.74) is 0.347. The summed E-state index contributed by atoms with van der Waals surface area (Å²) in [4.78, 5) is 24.3. The van der Waals surface area contributed by atoms with Crippen molar-refractivity contribution in [1.82, 2.24) is 14.9 Å². The van der Waals surface area contributed by atoms with E-state index in [0.29, 0.717) is 31.0 Å². The third-order valence-corrected chi connectivity index (χ3v) is 3.86. The average molecular weight is 300 g/mol. The molecule has 1 aromatic carbocycles. The van der Waals surface area contributed by atoms with Crippen LogP contribution in [0.5, 0.6) is 0 Å². The standard InChI is InChI=1S/C16H17FN4O/c1-20(11-15-18-8-4-9-19-15)14-7-10-21(16(14)22)13-6-3-2-5-12(13)17/h2-6,8-9,14H,7,10-11H2,1H3/t14-/m1/s1. The molecule has 0 unspecified atom stereocenters. The summed E-state index contributed by atoms with van der Waals surface area (Å²) in [5.74, 6) is 0.219. The van der Waals surface area contributed by atoms with Gasteiger partial charge in [-0.3, -0.25) is 9.69 Å². The van der Waals surface area contributed by atoms with Crippen molar-refractivity contribution >= 4 is 11.6 Å². The van der Waals surface area contributed by atoms with Crippen molar-refractivity contribution in [1.29, 1.82) is 0 Å². The molecule has 22 heavy (non-hydrogen) atoms. The summed E-state index contributed by atoms with van der Waals surface area (Å²) in [6.07, 6.45) is 4.02. The highest BCUT2D eigenvalue weighted by atomic mass is 19.1. The predicted octanol–water partition coefficient (Wildman–Crippen LogP) is 1.85. The minimum absolute atomic E-state index is 0.0801. The molecule has 0 saturated carbocycles. The number of anilines is 1. The molecule has 0 N–H and O–H groups in total. The first kappa shape index (κ1) is 14.6. The second-order valence-electron chi connectivity index (χ2n) is 5.33. The Bertz CT molecular complexity index is 664. The number of amides is 1. The zero-order valence-electron chi connectivity index (χ0n) is 12.3. The van der Waals surface area contributed by atoms with E-state index in [1.54, 1.807) is 36.7 Å². The molecule has 0 aliphatic carbocycles. The number of hydrogen-bond donors (Lipinski definition) is 0. The second-order valence-corrected chi connectivity index (χ2v) is 5.33. The largest absolute Gasteiger partial charge is 0.308 e. The van der Waals surface area contributed by atoms with Gasteiger partial charge < -0.3 is 4.90 Å². The van der Waals surface area contributed by atoms with Crippen molar-refractivity contribution < 1.29 is 9.18 Å². The summed E-state index contributed by atoms with van der Waals surface area (Å²) in [7, 11) is 1.86. The van der Waals surface area contributed by atoms with E-state index in [2.05, 4.69) is 9.97 Å². The lowest BCUT2D eigenvalue weighted by Crippen LogP contribution is -2.39. The van der Waals surface area contributed by atoms with Gasteiger partial charge in [0.2, 0.25) is 5.91 Å². The summed E-state index contributed by atoms with van der Waals surface area (Å²) < 4.78 is 13.9. The molecule has 1 aromatic heterocycles. The van der Waals surface area contributed by atoms with Crippen molar-refractivity contribution in [2.24, 2.45) is 0 Å². The molecule has 6 heteroatoms. The van der Waals surface area contributed by atoms with Gasteiger partial charge in [-0.05, 0) is 31.7 Å². The third kappa shape index (κ3) is 2.82. The first-order valence-electron chi connectivity index (χ1n) is 7.19. The Kier molecular flexibility index (Phi) is 4.11. The van der Waals surface area contributed by atoms with Gasteiger partial charge in [0, 0.05) is 18.9 Å². The summed E-state index contributed by atoms with van der Waals surface area (Å²) >= 11 is 0. The van der Waals surface area contributed by atoms with Gasteiger partial charge in [0.25, 0.3) is 0 Å². The Labute approximate surface area is 128 Å². The molecule has 2 heterocycles. The zero-order chi connectivity index (χ0) is 15.5. The van der Waals surface area contributed by atoms with Crippen LogP contribution in [0, 0.1) is 5.82 Å². The van der Waals surface area contributed by atoms with E-state index >= 15 is 0 Å². The van der Waals surface area contributed by atoms with Crippen LogP contribution >= 0.6 is 0 Å². The molecule has 1 amide bonds. The SMILES string of the molecule is CN(Cc1ncccn1)[C@@H]1CCN(c2ccccc2F)C1=O. The maximum atomic E-state index is 13.9. The molecule has 0 bridgehead atoms. The van der Waals surface area contributed by atoms with Gasteiger partial charge in [-0.15, -0.1) is 0 Å². The van der Waals surface area contributed by atoms with Crippen molar-refractivity contribution in [3.8, 4) is 0 Å². The van der Waals surface area contributed by atoms with E-state index in [1.165, 1.54) is 11.0 Å². The van der Waals surface area contributed by atoms with E-state index in [-0.39, 0.29) is 17.8 Å². The monoisotopic (exact) mass is 300 g/mol. The molecule has 5 nitrogen and oxygen atoms in total. The Balaban J connectivity index is 1.72. The van der Waals surface area contributed by atoms with Crippen LogP contribution in [0.15, 0.2) is 42.7 Å². The number of aromatic nitrogens is 2. The maximum absolute atomic E-state index is 13.9. The highest BCUT2D eigenvalue weighted by Gasteiger charge is 2.36. The van der Waals surface area contributed by atoms with Crippen LogP contribution in [-0.2, 0) is 11.3 Å². The van der Waals surface area contributed by atoms with E-state index in [9.17, 15) is 9.18 Å². The van der Waals surface area contributed by atoms with E-state index in [0.717, 1.165) is 0 Å². The first-order valence-corrected chi connectivity index (χ1v) is 7.19. The molecular formula is C16H17FN4O. The average Bonchev–Trinajstić information content (AvgIpc) is 2.90. The molecule has 0 spiro atoms. The zero-order valence-corrected chi connectivity index (χ0v) is 12.3. The van der Waals surface area contributed by atoms with Crippen LogP contribution in [0.1, 0.15) is 12.2 Å². The van der Waals surface area contributed by atoms with Gasteiger partial charge in [-0.2, -0.15) is 0 Å². The number of halogens is 1. The number of carbonyl (C=O) groups excluding carboxylic acids is 1. The van der Waals surface area contributed by atoms with Crippen LogP contribution in [0.4, 0.5) is 10.1 Å². The third-order valence-electron chi connectivity index (χ3n) is 3.86. The van der Waals surface area contributed by atoms with E-state index < -0.39 is 0 Å². The Morgan fingerprint density at radius 3 is 2.73 bits per heavy atom. The predicted molar refractivity (Wildman–Crippen MR) is 80.7 cm³/mol. The minimum Gasteiger partial charge on any atom is -0.308 e. The molecule has 1 aliphatic heterocycles. The molecule has 1 atom stereocenters. The quantitative estimate of drug-likeness (QED) is 0.864. The van der Waals surface area contributed by atoms with Crippen molar-refractivity contribution in [3.63, 3.8) is 0 Å². The van der Waals surface area contributed by atoms with Crippen LogP contribution in [0.3, 0.4) is 0 Å². The number of rotatable bonds is 4. The Morgan fingerprint density at radius 2 is 2.00 bits per heavy atom. The second kappa shape index (κ2) is 6.19. The van der Waals surface area contributed by atoms with Crippen LogP contribution in [-0.4, -0.2) is 40.4 Å². The van der Waals surface area contributed by atoms with Crippen molar-refractivity contribution in [2.75, 3.05) is 18.5 Å². The highest BCUT2D eigenvalue weighted by molar-refractivity contribution is 5.99. The number of carbonyl (C=O) groups is 1. The molecule has 1 aliphatic rings. The molecule has 1 saturated heterocycles. The highest BCUT2D eigenvalue weighted by Crippen LogP contribution is 2.26. The number of para-hydroxylation sites is 1. The van der Waals surface area contributed by atoms with Crippen LogP contribution < -0.4 is 4.90 Å². The maximum Gasteiger partial charge on any atom is 0.244 e. The number of likely N-dealkylation sites (N-methyl/N-ethyl adjacent to an activating group) is 1. The van der Waals surface area contributed by atoms with Crippen molar-refractivity contribution in [3.05, 3.63) is 54.4 Å². The lowest BCUT2D eigenvalue weighted by Gasteiger charge is -2.23. The summed E-state index contributed by atoms with van der Waals surface area (Å²) in [6, 6.07) is 7.84. The van der Waals surface area contributed by atoms with Gasteiger partial charge >= 0.3 is 0 Å². The first-order chi connectivity index (χ1) is 10.7. The Hall–Kier alpha value is -2.34. The van der Waals surface area contributed by atoms with Gasteiger partial charge in [-0.1, -0.05) is 12.1 Å². The van der Waals surface area contributed by atoms with Gasteiger partial charge in [-0.25, -0.2) is 14.4 Å². The summed E-state index contributed by atoms with van der Waals surface area (Å²) in [5, 5.41) is 0. The fourth-order valence-electron chi connectivity index (χ4n) is 2.73. The molecule has 114 valence electrons. The molecular weight excluding hydrogens is 283 g/mol. The normalized spacial score (nSPS) is 18.2. The smallest absolute Gasteiger partial charge is 0.244 e. The topological polar surface area (TPSA) is 49.3 Å². The minimum atomic E-state index is -0.370. The van der Waals surface area contributed by atoms with Gasteiger partial charge in [0.05, 0.1) is 18.3 Å². The van der Waals surface area contributed by atoms with E-state index in [4.69, 9.17) is 0 Å². The van der Waals surface area contributed by atoms with Gasteiger partial charge in [0.1, 0.15) is 11.6 Å². The van der Waals surface area contributed by atoms with Crippen LogP contribution in [0.2, 0.25) is 0 Å². The molecule has 3 rings (SSSR count). The molecule has 2 aromatic rings. The number of benzene rings is 1. The Morgan fingerprint density at radius 1 is 1.27 bits per heavy atom. The van der Waals surface area contributed by atoms with E-state index in [1.807, 2.05) is 11.9 Å². The fourth-order valence-corrected chi connectivity index (χ4v) is 2.73. The van der Waals surface area contributed by atoms with Crippen LogP contribution in [0.25, 0.3) is 0 Å². The lowest BCUT2D eigenvalue weighted by molar-refractivity contribution is -0.121. The number of hydrogen-bond acceptors (Lipinski definition) is 4. The van der Waals surface area contributed by atoms with Crippen molar-refractivity contribution in [2.45, 2.75) is 19.0 Å². The summed E-state index contributed by atoms with van der Waals surface area (Å²) in [6.45, 7) is 1.01. The number of nitrogens with zero attached hydrogens (tertiary/aromatic N) is 4. The molecule has 0 radical (unpaired) electrons. The molecule has 1 fully saturated rings.